The van der Waals surface area contributed by atoms with Gasteiger partial charge in [-0.1, -0.05) is 35.7 Å². The van der Waals surface area contributed by atoms with Crippen LogP contribution in [0.15, 0.2) is 22.7 Å². The van der Waals surface area contributed by atoms with Gasteiger partial charge in [0.05, 0.1) is 0 Å². The number of benzene rings is 1. The maximum absolute atomic E-state index is 13.4. The highest BCUT2D eigenvalue weighted by molar-refractivity contribution is 9.10. The summed E-state index contributed by atoms with van der Waals surface area (Å²) in [4.78, 5) is 0. The largest absolute Gasteiger partial charge is 0.330 e. The Labute approximate surface area is 117 Å². The standard InChI is InChI=1S/C15H21BrFN/c1-11-3-2-4-15(8-11,10-18)9-12-5-13(16)7-14(17)6-12/h5-7,11H,2-4,8-10,18H2,1H3. The fraction of sp³-hybridized carbons (Fsp3) is 0.600. The third kappa shape index (κ3) is 3.33. The average Bonchev–Trinajstić information content (AvgIpc) is 2.27. The van der Waals surface area contributed by atoms with Crippen molar-refractivity contribution in [2.45, 2.75) is 39.0 Å². The molecule has 2 N–H and O–H groups in total. The summed E-state index contributed by atoms with van der Waals surface area (Å²) in [6.07, 6.45) is 5.77. The molecule has 0 radical (unpaired) electrons. The van der Waals surface area contributed by atoms with Crippen molar-refractivity contribution in [1.29, 1.82) is 0 Å². The number of halogens is 2. The molecule has 1 aliphatic rings. The predicted molar refractivity (Wildman–Crippen MR) is 76.9 cm³/mol. The van der Waals surface area contributed by atoms with E-state index in [2.05, 4.69) is 22.9 Å². The summed E-state index contributed by atoms with van der Waals surface area (Å²) in [6.45, 7) is 3.00. The topological polar surface area (TPSA) is 26.0 Å². The second-order valence-electron chi connectivity index (χ2n) is 5.86. The zero-order valence-electron chi connectivity index (χ0n) is 10.9. The minimum atomic E-state index is -0.171. The van der Waals surface area contributed by atoms with E-state index in [4.69, 9.17) is 5.73 Å². The Morgan fingerprint density at radius 2 is 2.22 bits per heavy atom. The third-order valence-corrected chi connectivity index (χ3v) is 4.58. The monoisotopic (exact) mass is 313 g/mol. The van der Waals surface area contributed by atoms with Crippen molar-refractivity contribution in [2.75, 3.05) is 6.54 Å². The molecule has 0 aromatic heterocycles. The quantitative estimate of drug-likeness (QED) is 0.885. The van der Waals surface area contributed by atoms with Gasteiger partial charge < -0.3 is 5.73 Å². The minimum Gasteiger partial charge on any atom is -0.330 e. The molecular weight excluding hydrogens is 293 g/mol. The molecule has 0 bridgehead atoms. The van der Waals surface area contributed by atoms with Crippen molar-refractivity contribution in [3.05, 3.63) is 34.1 Å². The maximum Gasteiger partial charge on any atom is 0.124 e. The van der Waals surface area contributed by atoms with Gasteiger partial charge in [-0.3, -0.25) is 0 Å². The third-order valence-electron chi connectivity index (χ3n) is 4.12. The van der Waals surface area contributed by atoms with E-state index in [0.29, 0.717) is 6.54 Å². The molecule has 18 heavy (non-hydrogen) atoms. The first kappa shape index (κ1) is 14.0. The SMILES string of the molecule is CC1CCCC(CN)(Cc2cc(F)cc(Br)c2)C1. The first-order valence-corrected chi connectivity index (χ1v) is 7.47. The van der Waals surface area contributed by atoms with Crippen molar-refractivity contribution < 1.29 is 4.39 Å². The molecule has 1 aromatic carbocycles. The Morgan fingerprint density at radius 3 is 2.83 bits per heavy atom. The molecule has 1 fully saturated rings. The molecule has 0 spiro atoms. The van der Waals surface area contributed by atoms with Crippen LogP contribution in [0.3, 0.4) is 0 Å². The fourth-order valence-electron chi connectivity index (χ4n) is 3.33. The zero-order chi connectivity index (χ0) is 13.2. The first-order chi connectivity index (χ1) is 8.53. The molecule has 2 rings (SSSR count). The van der Waals surface area contributed by atoms with Crippen molar-refractivity contribution in [3.8, 4) is 0 Å². The van der Waals surface area contributed by atoms with Crippen LogP contribution in [0.25, 0.3) is 0 Å². The summed E-state index contributed by atoms with van der Waals surface area (Å²) in [5, 5.41) is 0. The summed E-state index contributed by atoms with van der Waals surface area (Å²) in [5.74, 6) is 0.565. The van der Waals surface area contributed by atoms with Crippen LogP contribution in [0, 0.1) is 17.2 Å². The van der Waals surface area contributed by atoms with Gasteiger partial charge in [-0.2, -0.15) is 0 Å². The molecule has 2 atom stereocenters. The van der Waals surface area contributed by atoms with Gasteiger partial charge in [0.1, 0.15) is 5.82 Å². The van der Waals surface area contributed by atoms with Crippen molar-refractivity contribution in [1.82, 2.24) is 0 Å². The lowest BCUT2D eigenvalue weighted by Crippen LogP contribution is -2.37. The Hall–Kier alpha value is -0.410. The van der Waals surface area contributed by atoms with Gasteiger partial charge in [0, 0.05) is 4.47 Å². The van der Waals surface area contributed by atoms with Crippen molar-refractivity contribution in [3.63, 3.8) is 0 Å². The van der Waals surface area contributed by atoms with E-state index in [1.807, 2.05) is 6.07 Å². The molecule has 1 aliphatic carbocycles. The molecule has 0 amide bonds. The Morgan fingerprint density at radius 1 is 1.44 bits per heavy atom. The van der Waals surface area contributed by atoms with Crippen LogP contribution in [0.4, 0.5) is 4.39 Å². The fourth-order valence-corrected chi connectivity index (χ4v) is 3.85. The van der Waals surface area contributed by atoms with E-state index in [-0.39, 0.29) is 11.2 Å². The van der Waals surface area contributed by atoms with E-state index in [0.717, 1.165) is 28.8 Å². The summed E-state index contributed by atoms with van der Waals surface area (Å²) in [7, 11) is 0. The van der Waals surface area contributed by atoms with E-state index in [1.54, 1.807) is 6.07 Å². The van der Waals surface area contributed by atoms with E-state index in [9.17, 15) is 4.39 Å². The van der Waals surface area contributed by atoms with Gasteiger partial charge in [0.25, 0.3) is 0 Å². The normalized spacial score (nSPS) is 28.3. The molecule has 1 saturated carbocycles. The molecule has 1 aromatic rings. The number of nitrogens with two attached hydrogens (primary N) is 1. The lowest BCUT2D eigenvalue weighted by molar-refractivity contribution is 0.153. The molecule has 3 heteroatoms. The predicted octanol–water partition coefficient (Wildman–Crippen LogP) is 4.29. The summed E-state index contributed by atoms with van der Waals surface area (Å²) >= 11 is 3.36. The lowest BCUT2D eigenvalue weighted by Gasteiger charge is -2.39. The van der Waals surface area contributed by atoms with Crippen LogP contribution in [-0.4, -0.2) is 6.54 Å². The number of hydrogen-bond donors (Lipinski definition) is 1. The molecule has 0 saturated heterocycles. The Bertz CT molecular complexity index is 401. The van der Waals surface area contributed by atoms with Gasteiger partial charge in [-0.25, -0.2) is 4.39 Å². The number of rotatable bonds is 3. The molecular formula is C15H21BrFN. The van der Waals surface area contributed by atoms with Gasteiger partial charge in [0.2, 0.25) is 0 Å². The average molecular weight is 314 g/mol. The van der Waals surface area contributed by atoms with Crippen LogP contribution in [0.1, 0.15) is 38.2 Å². The van der Waals surface area contributed by atoms with Crippen molar-refractivity contribution >= 4 is 15.9 Å². The highest BCUT2D eigenvalue weighted by atomic mass is 79.9. The van der Waals surface area contributed by atoms with Crippen LogP contribution >= 0.6 is 15.9 Å². The molecule has 1 nitrogen and oxygen atoms in total. The summed E-state index contributed by atoms with van der Waals surface area (Å²) in [5.41, 5.74) is 7.25. The molecule has 2 unspecified atom stereocenters. The van der Waals surface area contributed by atoms with Crippen LogP contribution in [0.2, 0.25) is 0 Å². The highest BCUT2D eigenvalue weighted by Crippen LogP contribution is 2.41. The number of hydrogen-bond acceptors (Lipinski definition) is 1. The smallest absolute Gasteiger partial charge is 0.124 e. The second kappa shape index (κ2) is 5.70. The zero-order valence-corrected chi connectivity index (χ0v) is 12.5. The van der Waals surface area contributed by atoms with E-state index >= 15 is 0 Å². The first-order valence-electron chi connectivity index (χ1n) is 6.68. The van der Waals surface area contributed by atoms with Crippen molar-refractivity contribution in [2.24, 2.45) is 17.1 Å². The van der Waals surface area contributed by atoms with E-state index in [1.165, 1.54) is 25.3 Å². The molecule has 100 valence electrons. The lowest BCUT2D eigenvalue weighted by atomic mass is 9.67. The molecule has 0 aliphatic heterocycles. The van der Waals surface area contributed by atoms with Crippen LogP contribution in [0.5, 0.6) is 0 Å². The minimum absolute atomic E-state index is 0.171. The highest BCUT2D eigenvalue weighted by Gasteiger charge is 2.33. The van der Waals surface area contributed by atoms with Gasteiger partial charge >= 0.3 is 0 Å². The maximum atomic E-state index is 13.4. The summed E-state index contributed by atoms with van der Waals surface area (Å²) < 4.78 is 14.2. The molecule has 0 heterocycles. The Balaban J connectivity index is 2.18. The Kier molecular flexibility index (Phi) is 4.44. The van der Waals surface area contributed by atoms with Crippen LogP contribution < -0.4 is 5.73 Å². The summed E-state index contributed by atoms with van der Waals surface area (Å²) in [6, 6.07) is 5.16. The van der Waals surface area contributed by atoms with Crippen LogP contribution in [-0.2, 0) is 6.42 Å². The van der Waals surface area contributed by atoms with E-state index < -0.39 is 0 Å². The van der Waals surface area contributed by atoms with Gasteiger partial charge in [-0.15, -0.1) is 0 Å². The second-order valence-corrected chi connectivity index (χ2v) is 6.78. The van der Waals surface area contributed by atoms with Gasteiger partial charge in [-0.05, 0) is 60.9 Å². The van der Waals surface area contributed by atoms with Gasteiger partial charge in [0.15, 0.2) is 0 Å².